The molecule has 3 aromatic rings. The first-order valence-electron chi connectivity index (χ1n) is 5.20. The quantitative estimate of drug-likeness (QED) is 0.632. The molecule has 0 fully saturated rings. The summed E-state index contributed by atoms with van der Waals surface area (Å²) in [5.74, 6) is 0.589. The van der Waals surface area contributed by atoms with Crippen LogP contribution in [0, 0.1) is 0 Å². The predicted molar refractivity (Wildman–Crippen MR) is 76.2 cm³/mol. The molecule has 0 aliphatic rings. The molecule has 5 heteroatoms. The fraction of sp³-hybridized carbons (Fsp3) is 0. The Morgan fingerprint density at radius 1 is 1.00 bits per heavy atom. The van der Waals surface area contributed by atoms with Gasteiger partial charge in [0.15, 0.2) is 0 Å². The van der Waals surface area contributed by atoms with Crippen molar-refractivity contribution in [3.05, 3.63) is 52.5 Å². The molecule has 0 amide bonds. The van der Waals surface area contributed by atoms with Gasteiger partial charge in [-0.15, -0.1) is 0 Å². The molecule has 1 heterocycles. The number of aromatic nitrogens is 1. The van der Waals surface area contributed by atoms with E-state index in [9.17, 15) is 0 Å². The Bertz CT molecular complexity index is 658. The molecule has 0 spiro atoms. The second kappa shape index (κ2) is 4.76. The van der Waals surface area contributed by atoms with Gasteiger partial charge >= 0.3 is 0 Å². The van der Waals surface area contributed by atoms with Crippen molar-refractivity contribution in [2.75, 3.05) is 0 Å². The van der Waals surface area contributed by atoms with Crippen LogP contribution in [0.2, 0.25) is 10.0 Å². The maximum atomic E-state index is 5.91. The van der Waals surface area contributed by atoms with E-state index in [2.05, 4.69) is 4.98 Å². The molecule has 2 aromatic carbocycles. The molecule has 0 aliphatic carbocycles. The lowest BCUT2D eigenvalue weighted by Gasteiger charge is -2.02. The summed E-state index contributed by atoms with van der Waals surface area (Å²) in [6.07, 6.45) is 0. The van der Waals surface area contributed by atoms with Gasteiger partial charge < -0.3 is 4.74 Å². The summed E-state index contributed by atoms with van der Waals surface area (Å²) in [7, 11) is 0. The highest BCUT2D eigenvalue weighted by molar-refractivity contribution is 7.20. The summed E-state index contributed by atoms with van der Waals surface area (Å²) >= 11 is 13.3. The first-order chi connectivity index (χ1) is 8.70. The molecule has 0 bridgehead atoms. The fourth-order valence-electron chi connectivity index (χ4n) is 1.58. The minimum absolute atomic E-state index is 0.540. The highest BCUT2D eigenvalue weighted by atomic mass is 35.5. The summed E-state index contributed by atoms with van der Waals surface area (Å²) in [4.78, 5) is 4.38. The van der Waals surface area contributed by atoms with Crippen molar-refractivity contribution in [2.24, 2.45) is 0 Å². The summed E-state index contributed by atoms with van der Waals surface area (Å²) in [5, 5.41) is 1.66. The number of nitrogens with zero attached hydrogens (tertiary/aromatic N) is 1. The number of halogens is 2. The van der Waals surface area contributed by atoms with Crippen molar-refractivity contribution in [3.63, 3.8) is 0 Å². The monoisotopic (exact) mass is 295 g/mol. The normalized spacial score (nSPS) is 10.8. The predicted octanol–water partition coefficient (Wildman–Crippen LogP) is 5.40. The Balaban J connectivity index is 1.96. The zero-order valence-electron chi connectivity index (χ0n) is 9.06. The van der Waals surface area contributed by atoms with Crippen LogP contribution in [0.15, 0.2) is 42.5 Å². The topological polar surface area (TPSA) is 22.1 Å². The number of fused-ring (bicyclic) bond motifs is 1. The van der Waals surface area contributed by atoms with Crippen LogP contribution in [0.1, 0.15) is 0 Å². The number of hydrogen-bond donors (Lipinski definition) is 0. The van der Waals surface area contributed by atoms with Gasteiger partial charge in [-0.3, -0.25) is 0 Å². The average molecular weight is 296 g/mol. The standard InChI is InChI=1S/C13H7Cl2NOS/c14-8-5-9(15)7-10(6-8)17-13-16-11-3-1-2-4-12(11)18-13/h1-7H. The summed E-state index contributed by atoms with van der Waals surface area (Å²) in [6, 6.07) is 12.9. The fourth-order valence-corrected chi connectivity index (χ4v) is 2.92. The minimum atomic E-state index is 0.540. The molecule has 0 aliphatic heterocycles. The van der Waals surface area contributed by atoms with Crippen molar-refractivity contribution in [1.82, 2.24) is 4.98 Å². The zero-order chi connectivity index (χ0) is 12.5. The van der Waals surface area contributed by atoms with E-state index in [0.717, 1.165) is 10.2 Å². The summed E-state index contributed by atoms with van der Waals surface area (Å²) in [5.41, 5.74) is 0.922. The van der Waals surface area contributed by atoms with Gasteiger partial charge in [-0.05, 0) is 30.3 Å². The first kappa shape index (κ1) is 11.8. The van der Waals surface area contributed by atoms with Gasteiger partial charge in [-0.1, -0.05) is 46.7 Å². The number of hydrogen-bond acceptors (Lipinski definition) is 3. The maximum Gasteiger partial charge on any atom is 0.279 e. The second-order valence-electron chi connectivity index (χ2n) is 3.65. The van der Waals surface area contributed by atoms with Crippen LogP contribution >= 0.6 is 34.5 Å². The lowest BCUT2D eigenvalue weighted by molar-refractivity contribution is 0.480. The Morgan fingerprint density at radius 2 is 1.72 bits per heavy atom. The largest absolute Gasteiger partial charge is 0.431 e. The number of benzene rings is 2. The summed E-state index contributed by atoms with van der Waals surface area (Å²) < 4.78 is 6.75. The first-order valence-corrected chi connectivity index (χ1v) is 6.77. The van der Waals surface area contributed by atoms with E-state index in [-0.39, 0.29) is 0 Å². The molecule has 0 saturated heterocycles. The minimum Gasteiger partial charge on any atom is -0.431 e. The Kier molecular flexibility index (Phi) is 3.12. The van der Waals surface area contributed by atoms with E-state index >= 15 is 0 Å². The number of ether oxygens (including phenoxy) is 1. The van der Waals surface area contributed by atoms with Crippen LogP contribution in [-0.4, -0.2) is 4.98 Å². The van der Waals surface area contributed by atoms with Gasteiger partial charge in [-0.25, -0.2) is 4.98 Å². The van der Waals surface area contributed by atoms with E-state index in [0.29, 0.717) is 21.0 Å². The lowest BCUT2D eigenvalue weighted by Crippen LogP contribution is -1.82. The molecule has 90 valence electrons. The van der Waals surface area contributed by atoms with Crippen molar-refractivity contribution in [3.8, 4) is 10.9 Å². The third kappa shape index (κ3) is 2.43. The molecular weight excluding hydrogens is 289 g/mol. The number of rotatable bonds is 2. The van der Waals surface area contributed by atoms with Gasteiger partial charge in [0.25, 0.3) is 5.19 Å². The van der Waals surface area contributed by atoms with Gasteiger partial charge in [0.1, 0.15) is 5.75 Å². The van der Waals surface area contributed by atoms with Gasteiger partial charge in [0.05, 0.1) is 10.2 Å². The highest BCUT2D eigenvalue weighted by Gasteiger charge is 2.06. The van der Waals surface area contributed by atoms with E-state index in [4.69, 9.17) is 27.9 Å². The lowest BCUT2D eigenvalue weighted by atomic mass is 10.3. The van der Waals surface area contributed by atoms with E-state index in [1.165, 1.54) is 11.3 Å². The van der Waals surface area contributed by atoms with Crippen LogP contribution in [0.4, 0.5) is 0 Å². The molecule has 18 heavy (non-hydrogen) atoms. The molecule has 0 unspecified atom stereocenters. The number of para-hydroxylation sites is 1. The van der Waals surface area contributed by atoms with E-state index in [1.807, 2.05) is 24.3 Å². The zero-order valence-corrected chi connectivity index (χ0v) is 11.4. The average Bonchev–Trinajstić information content (AvgIpc) is 2.69. The molecule has 0 saturated carbocycles. The van der Waals surface area contributed by atoms with Gasteiger partial charge in [-0.2, -0.15) is 0 Å². The third-order valence-corrected chi connectivity index (χ3v) is 3.67. The SMILES string of the molecule is Clc1cc(Cl)cc(Oc2nc3ccccc3s2)c1. The Hall–Kier alpha value is -1.29. The molecule has 0 radical (unpaired) electrons. The van der Waals surface area contributed by atoms with Crippen molar-refractivity contribution < 1.29 is 4.74 Å². The second-order valence-corrected chi connectivity index (χ2v) is 5.52. The molecule has 2 nitrogen and oxygen atoms in total. The van der Waals surface area contributed by atoms with Gasteiger partial charge in [0.2, 0.25) is 0 Å². The summed E-state index contributed by atoms with van der Waals surface area (Å²) in [6.45, 7) is 0. The third-order valence-electron chi connectivity index (χ3n) is 2.32. The van der Waals surface area contributed by atoms with Crippen molar-refractivity contribution >= 4 is 44.8 Å². The Labute approximate surface area is 118 Å². The molecular formula is C13H7Cl2NOS. The van der Waals surface area contributed by atoms with Crippen molar-refractivity contribution in [1.29, 1.82) is 0 Å². The van der Waals surface area contributed by atoms with Crippen molar-refractivity contribution in [2.45, 2.75) is 0 Å². The highest BCUT2D eigenvalue weighted by Crippen LogP contribution is 2.33. The van der Waals surface area contributed by atoms with Crippen LogP contribution in [-0.2, 0) is 0 Å². The molecule has 0 atom stereocenters. The van der Waals surface area contributed by atoms with Gasteiger partial charge in [0, 0.05) is 10.0 Å². The van der Waals surface area contributed by atoms with Crippen LogP contribution < -0.4 is 4.74 Å². The van der Waals surface area contributed by atoms with Crippen LogP contribution in [0.3, 0.4) is 0 Å². The molecule has 1 aromatic heterocycles. The number of thiazole rings is 1. The maximum absolute atomic E-state index is 5.91. The smallest absolute Gasteiger partial charge is 0.279 e. The van der Waals surface area contributed by atoms with E-state index < -0.39 is 0 Å². The van der Waals surface area contributed by atoms with E-state index in [1.54, 1.807) is 18.2 Å². The van der Waals surface area contributed by atoms with Crippen LogP contribution in [0.5, 0.6) is 10.9 Å². The van der Waals surface area contributed by atoms with Crippen LogP contribution in [0.25, 0.3) is 10.2 Å². The molecule has 3 rings (SSSR count). The Morgan fingerprint density at radius 3 is 2.44 bits per heavy atom. The molecule has 0 N–H and O–H groups in total.